The molecule has 0 amide bonds. The molecule has 3 aromatic carbocycles. The van der Waals surface area contributed by atoms with Gasteiger partial charge in [-0.2, -0.15) is 0 Å². The van der Waals surface area contributed by atoms with E-state index in [-0.39, 0.29) is 17.2 Å². The Morgan fingerprint density at radius 3 is 2.45 bits per heavy atom. The monoisotopic (exact) mass is 505 g/mol. The summed E-state index contributed by atoms with van der Waals surface area (Å²) in [5.74, 6) is -0.255. The molecule has 172 valence electrons. The van der Waals surface area contributed by atoms with Gasteiger partial charge in [-0.25, -0.2) is 8.42 Å². The minimum atomic E-state index is -3.96. The van der Waals surface area contributed by atoms with Gasteiger partial charge in [0.25, 0.3) is 0 Å². The number of halogens is 2. The summed E-state index contributed by atoms with van der Waals surface area (Å²) >= 11 is 12.1. The third kappa shape index (κ3) is 4.40. The lowest BCUT2D eigenvalue weighted by atomic mass is 9.87. The molecule has 0 aliphatic carbocycles. The molecule has 0 saturated heterocycles. The maximum absolute atomic E-state index is 13.8. The zero-order valence-electron chi connectivity index (χ0n) is 17.9. The lowest BCUT2D eigenvalue weighted by Gasteiger charge is -2.39. The third-order valence-corrected chi connectivity index (χ3v) is 8.04. The molecule has 1 heterocycles. The highest BCUT2D eigenvalue weighted by Crippen LogP contribution is 2.51. The maximum Gasteiger partial charge on any atom is 0.307 e. The summed E-state index contributed by atoms with van der Waals surface area (Å²) in [6.07, 6.45) is -0.161. The minimum absolute atomic E-state index is 0.161. The number of sulfonamides is 1. The Morgan fingerprint density at radius 1 is 1.00 bits per heavy atom. The van der Waals surface area contributed by atoms with Crippen LogP contribution in [0.25, 0.3) is 11.1 Å². The largest absolute Gasteiger partial charge is 0.496 e. The topological polar surface area (TPSA) is 72.9 Å². The molecule has 0 aromatic heterocycles. The fraction of sp³-hybridized carbons (Fsp3) is 0.208. The van der Waals surface area contributed by atoms with Crippen LogP contribution in [0.15, 0.2) is 60.7 Å². The van der Waals surface area contributed by atoms with Crippen LogP contribution in [0, 0.1) is 0 Å². The number of esters is 1. The van der Waals surface area contributed by atoms with E-state index in [9.17, 15) is 13.2 Å². The van der Waals surface area contributed by atoms with Crippen LogP contribution < -0.4 is 9.04 Å². The van der Waals surface area contributed by atoms with E-state index in [1.165, 1.54) is 17.5 Å². The maximum atomic E-state index is 13.8. The highest BCUT2D eigenvalue weighted by Gasteiger charge is 2.40. The Labute approximate surface area is 202 Å². The van der Waals surface area contributed by atoms with Crippen molar-refractivity contribution in [1.29, 1.82) is 0 Å². The van der Waals surface area contributed by atoms with Gasteiger partial charge in [0, 0.05) is 11.1 Å². The van der Waals surface area contributed by atoms with Gasteiger partial charge < -0.3 is 9.47 Å². The van der Waals surface area contributed by atoms with E-state index in [1.807, 2.05) is 24.3 Å². The van der Waals surface area contributed by atoms with Gasteiger partial charge in [-0.1, -0.05) is 59.6 Å². The second-order valence-corrected chi connectivity index (χ2v) is 10.2. The highest BCUT2D eigenvalue weighted by molar-refractivity contribution is 7.92. The van der Waals surface area contributed by atoms with Crippen LogP contribution in [0.5, 0.6) is 5.75 Å². The molecule has 0 N–H and O–H groups in total. The van der Waals surface area contributed by atoms with Crippen LogP contribution in [-0.4, -0.2) is 28.6 Å². The van der Waals surface area contributed by atoms with Crippen LogP contribution in [-0.2, 0) is 25.3 Å². The van der Waals surface area contributed by atoms with Gasteiger partial charge in [0.05, 0.1) is 48.2 Å². The van der Waals surface area contributed by atoms with E-state index in [0.29, 0.717) is 33.1 Å². The van der Waals surface area contributed by atoms with E-state index in [4.69, 9.17) is 32.7 Å². The summed E-state index contributed by atoms with van der Waals surface area (Å²) in [6.45, 7) is 0. The fourth-order valence-electron chi connectivity index (χ4n) is 4.14. The van der Waals surface area contributed by atoms with Gasteiger partial charge in [-0.3, -0.25) is 9.10 Å². The van der Waals surface area contributed by atoms with Crippen LogP contribution in [0.2, 0.25) is 10.0 Å². The lowest BCUT2D eigenvalue weighted by Crippen LogP contribution is -2.39. The first kappa shape index (κ1) is 23.4. The zero-order chi connectivity index (χ0) is 23.8. The standard InChI is InChI=1S/C24H21Cl2NO5S/c1-31-22-9-5-7-17-21(13-23(28)32-2)27(20-8-4-3-6-16(20)24(17)22)33(29,30)14-15-10-11-18(25)19(26)12-15/h3-12,21H,13-14H2,1-2H3. The average molecular weight is 506 g/mol. The number of para-hydroxylation sites is 1. The van der Waals surface area contributed by atoms with Crippen molar-refractivity contribution in [3.8, 4) is 16.9 Å². The Kier molecular flexibility index (Phi) is 6.56. The lowest BCUT2D eigenvalue weighted by molar-refractivity contribution is -0.141. The predicted molar refractivity (Wildman–Crippen MR) is 129 cm³/mol. The van der Waals surface area contributed by atoms with E-state index in [1.54, 1.807) is 37.4 Å². The van der Waals surface area contributed by atoms with E-state index >= 15 is 0 Å². The van der Waals surface area contributed by atoms with Crippen molar-refractivity contribution in [2.45, 2.75) is 18.2 Å². The van der Waals surface area contributed by atoms with Crippen molar-refractivity contribution >= 4 is 44.9 Å². The Hall–Kier alpha value is -2.74. The minimum Gasteiger partial charge on any atom is -0.496 e. The number of ether oxygens (including phenoxy) is 2. The van der Waals surface area contributed by atoms with Crippen molar-refractivity contribution in [3.05, 3.63) is 81.8 Å². The quantitative estimate of drug-likeness (QED) is 0.406. The van der Waals surface area contributed by atoms with Crippen LogP contribution in [0.4, 0.5) is 5.69 Å². The number of nitrogens with zero attached hydrogens (tertiary/aromatic N) is 1. The number of hydrogen-bond acceptors (Lipinski definition) is 5. The van der Waals surface area contributed by atoms with Crippen LogP contribution in [0.1, 0.15) is 23.6 Å². The van der Waals surface area contributed by atoms with Gasteiger partial charge >= 0.3 is 5.97 Å². The number of carbonyl (C=O) groups is 1. The summed E-state index contributed by atoms with van der Waals surface area (Å²) in [5.41, 5.74) is 3.06. The Balaban J connectivity index is 1.91. The van der Waals surface area contributed by atoms with Gasteiger partial charge in [-0.15, -0.1) is 0 Å². The van der Waals surface area contributed by atoms with E-state index in [2.05, 4.69) is 0 Å². The molecule has 0 saturated carbocycles. The van der Waals surface area contributed by atoms with Crippen molar-refractivity contribution in [2.75, 3.05) is 18.5 Å². The van der Waals surface area contributed by atoms with Crippen molar-refractivity contribution < 1.29 is 22.7 Å². The molecule has 0 radical (unpaired) electrons. The summed E-state index contributed by atoms with van der Waals surface area (Å²) in [6, 6.07) is 16.4. The molecule has 1 unspecified atom stereocenters. The Morgan fingerprint density at radius 2 is 1.76 bits per heavy atom. The molecule has 33 heavy (non-hydrogen) atoms. The highest BCUT2D eigenvalue weighted by atomic mass is 35.5. The first-order chi connectivity index (χ1) is 15.8. The SMILES string of the molecule is COC(=O)CC1c2cccc(OC)c2-c2ccccc2N1S(=O)(=O)Cc1ccc(Cl)c(Cl)c1. The van der Waals surface area contributed by atoms with E-state index < -0.39 is 22.0 Å². The molecule has 0 spiro atoms. The predicted octanol–water partition coefficient (Wildman–Crippen LogP) is 5.62. The summed E-state index contributed by atoms with van der Waals surface area (Å²) in [7, 11) is -1.13. The molecule has 0 bridgehead atoms. The number of fused-ring (bicyclic) bond motifs is 3. The molecule has 6 nitrogen and oxygen atoms in total. The second kappa shape index (κ2) is 9.25. The number of methoxy groups -OCH3 is 2. The average Bonchev–Trinajstić information content (AvgIpc) is 2.80. The number of hydrogen-bond donors (Lipinski definition) is 0. The van der Waals surface area contributed by atoms with Crippen molar-refractivity contribution in [3.63, 3.8) is 0 Å². The molecule has 3 aromatic rings. The molecular weight excluding hydrogens is 485 g/mol. The number of rotatable bonds is 6. The van der Waals surface area contributed by atoms with Crippen LogP contribution >= 0.6 is 23.2 Å². The first-order valence-electron chi connectivity index (χ1n) is 10.1. The molecule has 1 aliphatic heterocycles. The summed E-state index contributed by atoms with van der Waals surface area (Å²) in [4.78, 5) is 12.4. The molecule has 9 heteroatoms. The van der Waals surface area contributed by atoms with Gasteiger partial charge in [0.2, 0.25) is 10.0 Å². The Bertz CT molecular complexity index is 1330. The molecular formula is C24H21Cl2NO5S. The summed E-state index contributed by atoms with van der Waals surface area (Å²) in [5, 5.41) is 0.607. The van der Waals surface area contributed by atoms with Gasteiger partial charge in [0.1, 0.15) is 5.75 Å². The molecule has 0 fully saturated rings. The van der Waals surface area contributed by atoms with Crippen LogP contribution in [0.3, 0.4) is 0 Å². The summed E-state index contributed by atoms with van der Waals surface area (Å²) < 4.78 is 39.4. The molecule has 4 rings (SSSR count). The molecule has 1 aliphatic rings. The number of carbonyl (C=O) groups excluding carboxylic acids is 1. The third-order valence-electron chi connectivity index (χ3n) is 5.55. The smallest absolute Gasteiger partial charge is 0.307 e. The zero-order valence-corrected chi connectivity index (χ0v) is 20.2. The normalized spacial score (nSPS) is 14.9. The molecule has 1 atom stereocenters. The fourth-order valence-corrected chi connectivity index (χ4v) is 6.24. The second-order valence-electron chi connectivity index (χ2n) is 7.54. The van der Waals surface area contributed by atoms with Crippen molar-refractivity contribution in [1.82, 2.24) is 0 Å². The van der Waals surface area contributed by atoms with Gasteiger partial charge in [0.15, 0.2) is 0 Å². The van der Waals surface area contributed by atoms with Crippen molar-refractivity contribution in [2.24, 2.45) is 0 Å². The van der Waals surface area contributed by atoms with E-state index in [0.717, 1.165) is 5.56 Å². The number of anilines is 1. The van der Waals surface area contributed by atoms with Gasteiger partial charge in [-0.05, 0) is 35.4 Å². The first-order valence-corrected chi connectivity index (χ1v) is 12.4. The number of benzene rings is 3.